The molecule has 3 N–H and O–H groups in total. The molecule has 3 rings (SSSR count). The van der Waals surface area contributed by atoms with Crippen LogP contribution in [0.25, 0.3) is 22.4 Å². The van der Waals surface area contributed by atoms with E-state index in [1.807, 2.05) is 24.3 Å². The third-order valence-electron chi connectivity index (χ3n) is 2.75. The molecule has 0 radical (unpaired) electrons. The van der Waals surface area contributed by atoms with E-state index in [0.717, 1.165) is 28.0 Å². The lowest BCUT2D eigenvalue weighted by Crippen LogP contribution is -2.02. The maximum Gasteiger partial charge on any atom is 0.0876 e. The lowest BCUT2D eigenvalue weighted by molar-refractivity contribution is 0.282. The Morgan fingerprint density at radius 3 is 2.88 bits per heavy atom. The number of aromatic nitrogens is 2. The van der Waals surface area contributed by atoms with Gasteiger partial charge in [0.05, 0.1) is 34.4 Å². The Morgan fingerprint density at radius 1 is 1.18 bits per heavy atom. The van der Waals surface area contributed by atoms with Gasteiger partial charge in [0.1, 0.15) is 0 Å². The maximum absolute atomic E-state index is 9.08. The van der Waals surface area contributed by atoms with E-state index in [0.29, 0.717) is 5.36 Å². The first-order chi connectivity index (χ1) is 8.26. The molecule has 1 heterocycles. The SMILES string of the molecule is N=c1ccc2nc3cc(CO)ccc3[nH]c-2c1. The fraction of sp³-hybridized carbons (Fsp3) is 0.0769. The van der Waals surface area contributed by atoms with Crippen LogP contribution in [0.2, 0.25) is 0 Å². The molecule has 2 aliphatic rings. The van der Waals surface area contributed by atoms with Gasteiger partial charge in [-0.3, -0.25) is 0 Å². The zero-order valence-corrected chi connectivity index (χ0v) is 9.07. The van der Waals surface area contributed by atoms with E-state index in [1.165, 1.54) is 0 Å². The number of hydrogen-bond donors (Lipinski definition) is 3. The van der Waals surface area contributed by atoms with Crippen LogP contribution < -0.4 is 5.36 Å². The molecule has 0 amide bonds. The zero-order valence-electron chi connectivity index (χ0n) is 9.07. The van der Waals surface area contributed by atoms with Gasteiger partial charge in [0.2, 0.25) is 0 Å². The van der Waals surface area contributed by atoms with E-state index in [-0.39, 0.29) is 6.61 Å². The van der Waals surface area contributed by atoms with E-state index in [2.05, 4.69) is 9.97 Å². The summed E-state index contributed by atoms with van der Waals surface area (Å²) in [6.45, 7) is 0.0152. The first-order valence-corrected chi connectivity index (χ1v) is 5.34. The number of H-pyrrole nitrogens is 1. The summed E-state index contributed by atoms with van der Waals surface area (Å²) in [5.41, 5.74) is 4.24. The fourth-order valence-corrected chi connectivity index (χ4v) is 1.88. The summed E-state index contributed by atoms with van der Waals surface area (Å²) in [5.74, 6) is 0. The Balaban J connectivity index is 2.36. The van der Waals surface area contributed by atoms with Gasteiger partial charge in [-0.15, -0.1) is 0 Å². The van der Waals surface area contributed by atoms with E-state index in [9.17, 15) is 0 Å². The molecule has 0 unspecified atom stereocenters. The van der Waals surface area contributed by atoms with Gasteiger partial charge < -0.3 is 15.5 Å². The highest BCUT2D eigenvalue weighted by Crippen LogP contribution is 2.20. The van der Waals surface area contributed by atoms with E-state index in [1.54, 1.807) is 12.1 Å². The number of hydrogen-bond acceptors (Lipinski definition) is 3. The number of nitrogens with zero attached hydrogens (tertiary/aromatic N) is 1. The number of rotatable bonds is 1. The molecule has 0 saturated heterocycles. The molecule has 0 atom stereocenters. The molecule has 1 aliphatic carbocycles. The van der Waals surface area contributed by atoms with Crippen LogP contribution in [0, 0.1) is 5.41 Å². The fourth-order valence-electron chi connectivity index (χ4n) is 1.88. The van der Waals surface area contributed by atoms with Crippen LogP contribution in [0.5, 0.6) is 0 Å². The minimum atomic E-state index is 0.0152. The van der Waals surface area contributed by atoms with Crippen LogP contribution >= 0.6 is 0 Å². The number of benzene rings is 2. The predicted molar refractivity (Wildman–Crippen MR) is 64.5 cm³/mol. The smallest absolute Gasteiger partial charge is 0.0876 e. The Morgan fingerprint density at radius 2 is 2.06 bits per heavy atom. The second-order valence-electron chi connectivity index (χ2n) is 3.98. The molecule has 0 saturated carbocycles. The molecular formula is C13H11N3O. The van der Waals surface area contributed by atoms with Gasteiger partial charge in [-0.05, 0) is 35.9 Å². The molecule has 1 aliphatic heterocycles. The Kier molecular flexibility index (Phi) is 2.16. The van der Waals surface area contributed by atoms with Gasteiger partial charge in [-0.1, -0.05) is 6.07 Å². The highest BCUT2D eigenvalue weighted by Gasteiger charge is 2.05. The molecule has 4 heteroatoms. The Hall–Kier alpha value is -2.20. The van der Waals surface area contributed by atoms with Crippen LogP contribution in [0.15, 0.2) is 36.4 Å². The van der Waals surface area contributed by atoms with Crippen molar-refractivity contribution in [3.8, 4) is 11.4 Å². The molecule has 4 nitrogen and oxygen atoms in total. The van der Waals surface area contributed by atoms with Gasteiger partial charge in [0.15, 0.2) is 0 Å². The molecule has 0 fully saturated rings. The second-order valence-corrected chi connectivity index (χ2v) is 3.98. The number of aliphatic hydroxyl groups excluding tert-OH is 1. The highest BCUT2D eigenvalue weighted by atomic mass is 16.3. The van der Waals surface area contributed by atoms with Gasteiger partial charge in [0, 0.05) is 0 Å². The molecule has 1 aromatic rings. The summed E-state index contributed by atoms with van der Waals surface area (Å²) in [7, 11) is 0. The molecule has 1 aromatic carbocycles. The summed E-state index contributed by atoms with van der Waals surface area (Å²) in [6, 6.07) is 10.9. The Labute approximate surface area is 97.4 Å². The lowest BCUT2D eigenvalue weighted by Gasteiger charge is -2.08. The summed E-state index contributed by atoms with van der Waals surface area (Å²) in [6.07, 6.45) is 0. The van der Waals surface area contributed by atoms with Crippen molar-refractivity contribution in [2.45, 2.75) is 6.61 Å². The second kappa shape index (κ2) is 3.68. The minimum Gasteiger partial charge on any atom is -0.392 e. The first-order valence-electron chi connectivity index (χ1n) is 5.34. The van der Waals surface area contributed by atoms with Crippen LogP contribution in [-0.4, -0.2) is 15.1 Å². The predicted octanol–water partition coefficient (Wildman–Crippen LogP) is 1.64. The van der Waals surface area contributed by atoms with E-state index >= 15 is 0 Å². The molecule has 0 bridgehead atoms. The summed E-state index contributed by atoms with van der Waals surface area (Å²) in [5, 5.41) is 17.1. The average molecular weight is 225 g/mol. The minimum absolute atomic E-state index is 0.0152. The standard InChI is InChI=1S/C13H11N3O/c14-9-2-4-11-13(6-9)16-10-3-1-8(7-17)5-12(10)15-11/h1-6,14,16-17H,7H2. The van der Waals surface area contributed by atoms with Crippen LogP contribution in [0.3, 0.4) is 0 Å². The lowest BCUT2D eigenvalue weighted by atomic mass is 10.1. The van der Waals surface area contributed by atoms with Crippen LogP contribution in [0.4, 0.5) is 0 Å². The van der Waals surface area contributed by atoms with Crippen molar-refractivity contribution >= 4 is 11.0 Å². The molecule has 0 aromatic heterocycles. The third kappa shape index (κ3) is 1.68. The van der Waals surface area contributed by atoms with Gasteiger partial charge in [-0.25, -0.2) is 4.98 Å². The van der Waals surface area contributed by atoms with Crippen molar-refractivity contribution in [1.29, 1.82) is 5.41 Å². The number of aliphatic hydroxyl groups is 1. The number of nitrogens with one attached hydrogen (secondary N) is 2. The zero-order chi connectivity index (χ0) is 11.8. The third-order valence-corrected chi connectivity index (χ3v) is 2.75. The number of fused-ring (bicyclic) bond motifs is 2. The van der Waals surface area contributed by atoms with E-state index in [4.69, 9.17) is 10.5 Å². The van der Waals surface area contributed by atoms with Crippen LogP contribution in [-0.2, 0) is 6.61 Å². The quantitative estimate of drug-likeness (QED) is 0.551. The molecular weight excluding hydrogens is 214 g/mol. The van der Waals surface area contributed by atoms with Crippen molar-refractivity contribution in [1.82, 2.24) is 9.97 Å². The molecule has 84 valence electrons. The van der Waals surface area contributed by atoms with Crippen molar-refractivity contribution in [3.05, 3.63) is 47.3 Å². The number of aromatic amines is 1. The normalized spacial score (nSPS) is 11.1. The summed E-state index contributed by atoms with van der Waals surface area (Å²) >= 11 is 0. The van der Waals surface area contributed by atoms with Crippen molar-refractivity contribution in [2.75, 3.05) is 0 Å². The largest absolute Gasteiger partial charge is 0.392 e. The van der Waals surface area contributed by atoms with Gasteiger partial charge >= 0.3 is 0 Å². The van der Waals surface area contributed by atoms with Crippen molar-refractivity contribution in [2.24, 2.45) is 0 Å². The summed E-state index contributed by atoms with van der Waals surface area (Å²) < 4.78 is 0. The van der Waals surface area contributed by atoms with Gasteiger partial charge in [-0.2, -0.15) is 0 Å². The van der Waals surface area contributed by atoms with Crippen LogP contribution in [0.1, 0.15) is 5.56 Å². The van der Waals surface area contributed by atoms with Crippen molar-refractivity contribution < 1.29 is 5.11 Å². The highest BCUT2D eigenvalue weighted by molar-refractivity contribution is 5.79. The average Bonchev–Trinajstić information content (AvgIpc) is 2.35. The summed E-state index contributed by atoms with van der Waals surface area (Å²) in [4.78, 5) is 7.74. The van der Waals surface area contributed by atoms with Gasteiger partial charge in [0.25, 0.3) is 0 Å². The molecule has 17 heavy (non-hydrogen) atoms. The van der Waals surface area contributed by atoms with Crippen molar-refractivity contribution in [3.63, 3.8) is 0 Å². The monoisotopic (exact) mass is 225 g/mol. The molecule has 0 spiro atoms. The first kappa shape index (κ1) is 9.99. The topological polar surface area (TPSA) is 72.8 Å². The maximum atomic E-state index is 9.08. The Bertz CT molecular complexity index is 717. The van der Waals surface area contributed by atoms with E-state index < -0.39 is 0 Å².